The van der Waals surface area contributed by atoms with Gasteiger partial charge in [-0.05, 0) is 25.1 Å². The second-order valence-corrected chi connectivity index (χ2v) is 5.88. The third-order valence-electron chi connectivity index (χ3n) is 3.97. The Morgan fingerprint density at radius 1 is 1.11 bits per heavy atom. The van der Waals surface area contributed by atoms with Gasteiger partial charge in [0.05, 0.1) is 10.5 Å². The molecule has 0 spiro atoms. The summed E-state index contributed by atoms with van der Waals surface area (Å²) in [5.74, 6) is -1.09. The molecule has 0 aliphatic heterocycles. The highest BCUT2D eigenvalue weighted by atomic mass is 16.6. The van der Waals surface area contributed by atoms with E-state index < -0.39 is 16.8 Å². The van der Waals surface area contributed by atoms with Crippen LogP contribution >= 0.6 is 0 Å². The highest BCUT2D eigenvalue weighted by Crippen LogP contribution is 2.21. The number of carbonyl (C=O) groups excluding carboxylic acids is 1. The Morgan fingerprint density at radius 3 is 2.37 bits per heavy atom. The lowest BCUT2D eigenvalue weighted by molar-refractivity contribution is -0.384. The summed E-state index contributed by atoms with van der Waals surface area (Å²) in [5.41, 5.74) is 11.5. The molecule has 2 aromatic carbocycles. The average molecular weight is 365 g/mol. The van der Waals surface area contributed by atoms with Crippen molar-refractivity contribution in [2.45, 2.75) is 6.92 Å². The van der Waals surface area contributed by atoms with Crippen molar-refractivity contribution < 1.29 is 9.72 Å². The molecule has 0 atom stereocenters. The molecule has 0 saturated carbocycles. The van der Waals surface area contributed by atoms with Crippen molar-refractivity contribution in [3.63, 3.8) is 0 Å². The van der Waals surface area contributed by atoms with Gasteiger partial charge in [-0.2, -0.15) is 4.99 Å². The van der Waals surface area contributed by atoms with Crippen LogP contribution in [0.3, 0.4) is 0 Å². The molecule has 136 valence electrons. The molecule has 27 heavy (non-hydrogen) atoms. The maximum atomic E-state index is 12.9. The van der Waals surface area contributed by atoms with Gasteiger partial charge in [0, 0.05) is 34.8 Å². The Bertz CT molecular complexity index is 1160. The second-order valence-electron chi connectivity index (χ2n) is 5.88. The summed E-state index contributed by atoms with van der Waals surface area (Å²) in [4.78, 5) is 39.2. The van der Waals surface area contributed by atoms with Crippen LogP contribution < -0.4 is 17.0 Å². The lowest BCUT2D eigenvalue weighted by Gasteiger charge is -2.11. The van der Waals surface area contributed by atoms with Gasteiger partial charge in [-0.15, -0.1) is 0 Å². The fraction of sp³-hybridized carbons (Fsp3) is 0.0556. The van der Waals surface area contributed by atoms with Gasteiger partial charge in [0.1, 0.15) is 0 Å². The number of nitrogens with two attached hydrogens (primary N) is 2. The summed E-state index contributed by atoms with van der Waals surface area (Å²) in [6, 6.07) is 10.5. The minimum atomic E-state index is -0.693. The first-order valence-electron chi connectivity index (χ1n) is 7.83. The number of aliphatic imine (C=N–C) groups is 1. The summed E-state index contributed by atoms with van der Waals surface area (Å²) in [6.07, 6.45) is 1.33. The van der Waals surface area contributed by atoms with E-state index in [2.05, 4.69) is 4.99 Å². The third-order valence-corrected chi connectivity index (χ3v) is 3.97. The lowest BCUT2D eigenvalue weighted by Crippen LogP contribution is -2.25. The second kappa shape index (κ2) is 6.71. The summed E-state index contributed by atoms with van der Waals surface area (Å²) in [5, 5.41) is 11.5. The molecule has 3 aromatic rings. The topological polar surface area (TPSA) is 147 Å². The number of nitro benzene ring substituents is 1. The van der Waals surface area contributed by atoms with Gasteiger partial charge in [-0.3, -0.25) is 24.3 Å². The van der Waals surface area contributed by atoms with E-state index in [9.17, 15) is 19.7 Å². The maximum absolute atomic E-state index is 12.9. The van der Waals surface area contributed by atoms with E-state index in [-0.39, 0.29) is 16.8 Å². The van der Waals surface area contributed by atoms with Crippen molar-refractivity contribution in [1.82, 2.24) is 4.57 Å². The molecule has 1 amide bonds. The molecule has 0 radical (unpaired) electrons. The van der Waals surface area contributed by atoms with E-state index in [4.69, 9.17) is 11.5 Å². The normalized spacial score (nSPS) is 10.6. The number of nitrogens with zero attached hydrogens (tertiary/aromatic N) is 3. The fourth-order valence-electron chi connectivity index (χ4n) is 2.73. The minimum absolute atomic E-state index is 0.111. The number of pyridine rings is 1. The van der Waals surface area contributed by atoms with E-state index in [1.807, 2.05) is 6.92 Å². The minimum Gasteiger partial charge on any atom is -0.370 e. The smallest absolute Gasteiger partial charge is 0.282 e. The summed E-state index contributed by atoms with van der Waals surface area (Å²) in [7, 11) is 0. The van der Waals surface area contributed by atoms with Crippen molar-refractivity contribution in [2.24, 2.45) is 16.5 Å². The Labute approximate surface area is 152 Å². The highest BCUT2D eigenvalue weighted by Gasteiger charge is 2.16. The van der Waals surface area contributed by atoms with Crippen molar-refractivity contribution >= 4 is 28.3 Å². The molecule has 3 rings (SSSR count). The van der Waals surface area contributed by atoms with Crippen LogP contribution in [-0.2, 0) is 0 Å². The van der Waals surface area contributed by atoms with Crippen molar-refractivity contribution in [3.8, 4) is 5.69 Å². The van der Waals surface area contributed by atoms with Gasteiger partial charge >= 0.3 is 0 Å². The van der Waals surface area contributed by atoms with E-state index in [0.29, 0.717) is 16.5 Å². The molecule has 0 saturated heterocycles. The third kappa shape index (κ3) is 3.38. The predicted molar refractivity (Wildman–Crippen MR) is 101 cm³/mol. The Balaban J connectivity index is 2.31. The SMILES string of the molecule is Cc1ccc2c(=O)n(-c3ccc([N+](=O)[O-])cc3)cc(C(=O)N=C(N)N)c2c1. The first-order valence-corrected chi connectivity index (χ1v) is 7.83. The molecule has 1 heterocycles. The predicted octanol–water partition coefficient (Wildman–Crippen LogP) is 1.62. The molecule has 0 bridgehead atoms. The number of aryl methyl sites for hydroxylation is 1. The van der Waals surface area contributed by atoms with E-state index in [1.54, 1.807) is 18.2 Å². The highest BCUT2D eigenvalue weighted by molar-refractivity contribution is 6.10. The molecule has 0 fully saturated rings. The van der Waals surface area contributed by atoms with Crippen LogP contribution in [-0.4, -0.2) is 21.4 Å². The molecule has 0 aliphatic carbocycles. The summed E-state index contributed by atoms with van der Waals surface area (Å²) < 4.78 is 1.23. The van der Waals surface area contributed by atoms with Crippen LogP contribution in [0.2, 0.25) is 0 Å². The van der Waals surface area contributed by atoms with Gasteiger partial charge in [-0.25, -0.2) is 0 Å². The Hall–Kier alpha value is -4.01. The van der Waals surface area contributed by atoms with Crippen LogP contribution in [0.25, 0.3) is 16.5 Å². The van der Waals surface area contributed by atoms with Gasteiger partial charge in [0.15, 0.2) is 5.96 Å². The largest absolute Gasteiger partial charge is 0.370 e. The number of nitro groups is 1. The number of carbonyl (C=O) groups is 1. The summed E-state index contributed by atoms with van der Waals surface area (Å²) >= 11 is 0. The molecule has 0 unspecified atom stereocenters. The molecule has 9 heteroatoms. The number of hydrogen-bond acceptors (Lipinski definition) is 4. The number of aromatic nitrogens is 1. The van der Waals surface area contributed by atoms with Gasteiger partial charge in [0.25, 0.3) is 17.2 Å². The van der Waals surface area contributed by atoms with Crippen molar-refractivity contribution in [2.75, 3.05) is 0 Å². The van der Waals surface area contributed by atoms with Crippen molar-refractivity contribution in [1.29, 1.82) is 0 Å². The van der Waals surface area contributed by atoms with Crippen LogP contribution in [0.4, 0.5) is 5.69 Å². The average Bonchev–Trinajstić information content (AvgIpc) is 2.61. The first-order chi connectivity index (χ1) is 12.8. The number of benzene rings is 2. The molecular weight excluding hydrogens is 350 g/mol. The molecule has 0 aliphatic rings. The zero-order chi connectivity index (χ0) is 19.7. The quantitative estimate of drug-likeness (QED) is 0.312. The summed E-state index contributed by atoms with van der Waals surface area (Å²) in [6.45, 7) is 1.83. The molecule has 4 N–H and O–H groups in total. The van der Waals surface area contributed by atoms with Crippen LogP contribution in [0.5, 0.6) is 0 Å². The maximum Gasteiger partial charge on any atom is 0.282 e. The van der Waals surface area contributed by atoms with Crippen LogP contribution in [0.1, 0.15) is 15.9 Å². The number of fused-ring (bicyclic) bond motifs is 1. The van der Waals surface area contributed by atoms with E-state index in [0.717, 1.165) is 5.56 Å². The zero-order valence-corrected chi connectivity index (χ0v) is 14.2. The molecule has 1 aromatic heterocycles. The number of amides is 1. The first kappa shape index (κ1) is 17.8. The van der Waals surface area contributed by atoms with Crippen LogP contribution in [0.15, 0.2) is 58.4 Å². The zero-order valence-electron chi connectivity index (χ0n) is 14.2. The van der Waals surface area contributed by atoms with Crippen molar-refractivity contribution in [3.05, 3.63) is 80.3 Å². The Morgan fingerprint density at radius 2 is 1.78 bits per heavy atom. The van der Waals surface area contributed by atoms with Gasteiger partial charge < -0.3 is 11.5 Å². The molecule has 9 nitrogen and oxygen atoms in total. The number of guanidine groups is 1. The lowest BCUT2D eigenvalue weighted by atomic mass is 10.0. The number of hydrogen-bond donors (Lipinski definition) is 2. The molecular formula is C18H15N5O4. The van der Waals surface area contributed by atoms with E-state index in [1.165, 1.54) is 35.0 Å². The number of non-ortho nitro benzene ring substituents is 1. The van der Waals surface area contributed by atoms with E-state index >= 15 is 0 Å². The monoisotopic (exact) mass is 365 g/mol. The Kier molecular flexibility index (Phi) is 4.43. The van der Waals surface area contributed by atoms with Gasteiger partial charge in [0.2, 0.25) is 0 Å². The van der Waals surface area contributed by atoms with Crippen LogP contribution in [0, 0.1) is 17.0 Å². The fourth-order valence-corrected chi connectivity index (χ4v) is 2.73. The standard InChI is InChI=1S/C18H15N5O4/c1-10-2-7-13-14(8-10)15(16(24)21-18(19)20)9-22(17(13)25)11-3-5-12(6-4-11)23(26)27/h2-9H,1H3,(H4,19,20,21,24). The van der Waals surface area contributed by atoms with Gasteiger partial charge in [-0.1, -0.05) is 17.7 Å². The number of rotatable bonds is 3.